The maximum absolute atomic E-state index is 3.41. The zero-order valence-electron chi connectivity index (χ0n) is 10.9. The second kappa shape index (κ2) is 4.58. The van der Waals surface area contributed by atoms with Crippen LogP contribution in [0, 0.1) is 20.8 Å². The predicted octanol–water partition coefficient (Wildman–Crippen LogP) is 3.47. The van der Waals surface area contributed by atoms with Gasteiger partial charge in [-0.25, -0.2) is 0 Å². The SMILES string of the molecule is CNC1CCC(c2cc(C)c(C)cc2C)C1. The lowest BCUT2D eigenvalue weighted by molar-refractivity contribution is 0.571. The first kappa shape index (κ1) is 11.7. The summed E-state index contributed by atoms with van der Waals surface area (Å²) < 4.78 is 0. The Kier molecular flexibility index (Phi) is 3.34. The number of rotatable bonds is 2. The van der Waals surface area contributed by atoms with Crippen LogP contribution in [0.5, 0.6) is 0 Å². The Balaban J connectivity index is 2.24. The molecule has 1 N–H and O–H groups in total. The van der Waals surface area contributed by atoms with Crippen LogP contribution in [0.15, 0.2) is 12.1 Å². The minimum absolute atomic E-state index is 0.728. The number of nitrogens with one attached hydrogen (secondary N) is 1. The third-order valence-corrected chi connectivity index (χ3v) is 4.16. The molecule has 1 heteroatoms. The summed E-state index contributed by atoms with van der Waals surface area (Å²) in [4.78, 5) is 0. The smallest absolute Gasteiger partial charge is 0.00701 e. The molecule has 0 spiro atoms. The molecule has 1 fully saturated rings. The van der Waals surface area contributed by atoms with Gasteiger partial charge in [0.15, 0.2) is 0 Å². The fraction of sp³-hybridized carbons (Fsp3) is 0.600. The number of aryl methyl sites for hydroxylation is 3. The van der Waals surface area contributed by atoms with E-state index in [2.05, 4.69) is 45.3 Å². The molecular weight excluding hydrogens is 194 g/mol. The van der Waals surface area contributed by atoms with E-state index in [-0.39, 0.29) is 0 Å². The summed E-state index contributed by atoms with van der Waals surface area (Å²) in [6.07, 6.45) is 3.97. The van der Waals surface area contributed by atoms with Gasteiger partial charge in [0.2, 0.25) is 0 Å². The highest BCUT2D eigenvalue weighted by atomic mass is 14.9. The molecule has 16 heavy (non-hydrogen) atoms. The monoisotopic (exact) mass is 217 g/mol. The molecule has 0 aliphatic heterocycles. The summed E-state index contributed by atoms with van der Waals surface area (Å²) in [6, 6.07) is 5.48. The Labute approximate surface area is 99.3 Å². The molecule has 1 nitrogen and oxygen atoms in total. The van der Waals surface area contributed by atoms with E-state index in [0.717, 1.165) is 12.0 Å². The van der Waals surface area contributed by atoms with E-state index in [9.17, 15) is 0 Å². The molecule has 1 aliphatic carbocycles. The Morgan fingerprint density at radius 1 is 1.00 bits per heavy atom. The molecule has 0 aromatic heterocycles. The van der Waals surface area contributed by atoms with E-state index in [1.807, 2.05) is 0 Å². The van der Waals surface area contributed by atoms with Gasteiger partial charge in [0.05, 0.1) is 0 Å². The van der Waals surface area contributed by atoms with Crippen molar-refractivity contribution < 1.29 is 0 Å². The van der Waals surface area contributed by atoms with Gasteiger partial charge in [-0.1, -0.05) is 12.1 Å². The second-order valence-corrected chi connectivity index (χ2v) is 5.29. The van der Waals surface area contributed by atoms with Crippen LogP contribution in [-0.2, 0) is 0 Å². The number of hydrogen-bond acceptors (Lipinski definition) is 1. The van der Waals surface area contributed by atoms with Crippen LogP contribution < -0.4 is 5.32 Å². The molecule has 0 radical (unpaired) electrons. The van der Waals surface area contributed by atoms with Crippen molar-refractivity contribution in [3.05, 3.63) is 34.4 Å². The van der Waals surface area contributed by atoms with Crippen LogP contribution >= 0.6 is 0 Å². The van der Waals surface area contributed by atoms with Gasteiger partial charge in [-0.15, -0.1) is 0 Å². The van der Waals surface area contributed by atoms with Crippen molar-refractivity contribution in [1.29, 1.82) is 0 Å². The zero-order valence-corrected chi connectivity index (χ0v) is 10.9. The molecule has 1 aromatic rings. The molecule has 0 saturated heterocycles. The normalized spacial score (nSPS) is 25.0. The summed E-state index contributed by atoms with van der Waals surface area (Å²) >= 11 is 0. The molecule has 2 rings (SSSR count). The molecule has 1 aliphatic rings. The number of hydrogen-bond donors (Lipinski definition) is 1. The van der Waals surface area contributed by atoms with Crippen molar-refractivity contribution in [2.24, 2.45) is 0 Å². The molecular formula is C15H23N. The van der Waals surface area contributed by atoms with Gasteiger partial charge in [-0.05, 0) is 75.3 Å². The van der Waals surface area contributed by atoms with Crippen LogP contribution in [0.4, 0.5) is 0 Å². The first-order chi connectivity index (χ1) is 7.61. The predicted molar refractivity (Wildman–Crippen MR) is 70.1 cm³/mol. The lowest BCUT2D eigenvalue weighted by Gasteiger charge is -2.16. The average molecular weight is 217 g/mol. The van der Waals surface area contributed by atoms with Crippen LogP contribution in [-0.4, -0.2) is 13.1 Å². The lowest BCUT2D eigenvalue weighted by Crippen LogP contribution is -2.21. The Bertz CT molecular complexity index is 381. The van der Waals surface area contributed by atoms with Crippen molar-refractivity contribution in [1.82, 2.24) is 5.32 Å². The van der Waals surface area contributed by atoms with E-state index in [1.54, 1.807) is 5.56 Å². The first-order valence-corrected chi connectivity index (χ1v) is 6.37. The maximum Gasteiger partial charge on any atom is 0.00701 e. The van der Waals surface area contributed by atoms with Gasteiger partial charge < -0.3 is 5.32 Å². The van der Waals surface area contributed by atoms with Gasteiger partial charge in [-0.2, -0.15) is 0 Å². The van der Waals surface area contributed by atoms with E-state index >= 15 is 0 Å². The van der Waals surface area contributed by atoms with Crippen LogP contribution in [0.3, 0.4) is 0 Å². The van der Waals surface area contributed by atoms with Crippen LogP contribution in [0.1, 0.15) is 47.4 Å². The average Bonchev–Trinajstić information content (AvgIpc) is 2.71. The van der Waals surface area contributed by atoms with Crippen molar-refractivity contribution in [2.75, 3.05) is 7.05 Å². The van der Waals surface area contributed by atoms with Gasteiger partial charge >= 0.3 is 0 Å². The summed E-state index contributed by atoms with van der Waals surface area (Å²) in [5, 5.41) is 3.41. The summed E-state index contributed by atoms with van der Waals surface area (Å²) in [5.74, 6) is 0.775. The molecule has 0 heterocycles. The Morgan fingerprint density at radius 3 is 2.31 bits per heavy atom. The van der Waals surface area contributed by atoms with E-state index < -0.39 is 0 Å². The van der Waals surface area contributed by atoms with Crippen molar-refractivity contribution in [3.8, 4) is 0 Å². The second-order valence-electron chi connectivity index (χ2n) is 5.29. The van der Waals surface area contributed by atoms with Gasteiger partial charge in [0.1, 0.15) is 0 Å². The minimum Gasteiger partial charge on any atom is -0.317 e. The van der Waals surface area contributed by atoms with Crippen molar-refractivity contribution >= 4 is 0 Å². The molecule has 88 valence electrons. The molecule has 2 atom stereocenters. The zero-order chi connectivity index (χ0) is 11.7. The lowest BCUT2D eigenvalue weighted by atomic mass is 9.90. The third-order valence-electron chi connectivity index (χ3n) is 4.16. The van der Waals surface area contributed by atoms with Crippen LogP contribution in [0.2, 0.25) is 0 Å². The van der Waals surface area contributed by atoms with E-state index in [4.69, 9.17) is 0 Å². The van der Waals surface area contributed by atoms with Crippen molar-refractivity contribution in [3.63, 3.8) is 0 Å². The van der Waals surface area contributed by atoms with Gasteiger partial charge in [0, 0.05) is 6.04 Å². The maximum atomic E-state index is 3.41. The molecule has 0 amide bonds. The molecule has 1 saturated carbocycles. The van der Waals surface area contributed by atoms with Gasteiger partial charge in [0.25, 0.3) is 0 Å². The summed E-state index contributed by atoms with van der Waals surface area (Å²) in [6.45, 7) is 6.69. The highest BCUT2D eigenvalue weighted by molar-refractivity contribution is 5.39. The highest BCUT2D eigenvalue weighted by Crippen LogP contribution is 2.36. The van der Waals surface area contributed by atoms with E-state index in [0.29, 0.717) is 0 Å². The fourth-order valence-electron chi connectivity index (χ4n) is 2.95. The topological polar surface area (TPSA) is 12.0 Å². The molecule has 1 aromatic carbocycles. The number of benzene rings is 1. The fourth-order valence-corrected chi connectivity index (χ4v) is 2.95. The first-order valence-electron chi connectivity index (χ1n) is 6.37. The molecule has 2 unspecified atom stereocenters. The third kappa shape index (κ3) is 2.15. The highest BCUT2D eigenvalue weighted by Gasteiger charge is 2.25. The minimum atomic E-state index is 0.728. The van der Waals surface area contributed by atoms with Crippen molar-refractivity contribution in [2.45, 2.75) is 52.0 Å². The van der Waals surface area contributed by atoms with Gasteiger partial charge in [-0.3, -0.25) is 0 Å². The van der Waals surface area contributed by atoms with Crippen LogP contribution in [0.25, 0.3) is 0 Å². The largest absolute Gasteiger partial charge is 0.317 e. The summed E-state index contributed by atoms with van der Waals surface area (Å²) in [7, 11) is 2.08. The Morgan fingerprint density at radius 2 is 1.69 bits per heavy atom. The Hall–Kier alpha value is -0.820. The van der Waals surface area contributed by atoms with E-state index in [1.165, 1.54) is 36.0 Å². The standard InChI is InChI=1S/C15H23N/c1-10-7-12(3)15(8-11(10)2)13-5-6-14(9-13)16-4/h7-8,13-14,16H,5-6,9H2,1-4H3. The molecule has 0 bridgehead atoms. The quantitative estimate of drug-likeness (QED) is 0.800. The summed E-state index contributed by atoms with van der Waals surface area (Å²) in [5.41, 5.74) is 5.92.